The second kappa shape index (κ2) is 6.73. The Hall–Kier alpha value is -2.33. The Morgan fingerprint density at radius 2 is 1.85 bits per heavy atom. The fourth-order valence-electron chi connectivity index (χ4n) is 1.63. The lowest BCUT2D eigenvalue weighted by Gasteiger charge is -2.11. The number of carbonyl (C=O) groups excluding carboxylic acids is 1. The number of anilines is 1. The van der Waals surface area contributed by atoms with Crippen molar-refractivity contribution in [1.82, 2.24) is 0 Å². The molecule has 2 aromatic rings. The summed E-state index contributed by atoms with van der Waals surface area (Å²) >= 11 is 0. The minimum Gasteiger partial charge on any atom is -0.457 e. The molecule has 1 atom stereocenters. The van der Waals surface area contributed by atoms with E-state index in [2.05, 4.69) is 5.32 Å². The predicted octanol–water partition coefficient (Wildman–Crippen LogP) is 3.01. The van der Waals surface area contributed by atoms with Gasteiger partial charge in [-0.25, -0.2) is 0 Å². The topological polar surface area (TPSA) is 64.4 Å². The van der Waals surface area contributed by atoms with Crippen LogP contribution >= 0.6 is 0 Å². The number of para-hydroxylation sites is 1. The van der Waals surface area contributed by atoms with E-state index in [1.807, 2.05) is 48.5 Å². The van der Waals surface area contributed by atoms with Gasteiger partial charge < -0.3 is 15.8 Å². The van der Waals surface area contributed by atoms with Gasteiger partial charge >= 0.3 is 0 Å². The summed E-state index contributed by atoms with van der Waals surface area (Å²) in [6, 6.07) is 16.8. The highest BCUT2D eigenvalue weighted by Crippen LogP contribution is 2.23. The first-order valence-corrected chi connectivity index (χ1v) is 6.53. The molecule has 0 aromatic heterocycles. The van der Waals surface area contributed by atoms with Gasteiger partial charge in [0.25, 0.3) is 0 Å². The monoisotopic (exact) mass is 270 g/mol. The van der Waals surface area contributed by atoms with Crippen molar-refractivity contribution in [3.63, 3.8) is 0 Å². The third kappa shape index (κ3) is 3.83. The summed E-state index contributed by atoms with van der Waals surface area (Å²) < 4.78 is 5.71. The van der Waals surface area contributed by atoms with Gasteiger partial charge in [-0.2, -0.15) is 0 Å². The molecule has 0 radical (unpaired) electrons. The Morgan fingerprint density at radius 3 is 2.55 bits per heavy atom. The molecule has 3 N–H and O–H groups in total. The Kier molecular flexibility index (Phi) is 4.74. The van der Waals surface area contributed by atoms with Crippen molar-refractivity contribution in [2.24, 2.45) is 11.7 Å². The van der Waals surface area contributed by atoms with Crippen LogP contribution in [-0.4, -0.2) is 12.5 Å². The molecular weight excluding hydrogens is 252 g/mol. The first-order chi connectivity index (χ1) is 9.69. The van der Waals surface area contributed by atoms with Crippen LogP contribution in [0.4, 0.5) is 5.69 Å². The van der Waals surface area contributed by atoms with E-state index in [4.69, 9.17) is 10.5 Å². The van der Waals surface area contributed by atoms with E-state index in [0.717, 1.165) is 5.75 Å². The summed E-state index contributed by atoms with van der Waals surface area (Å²) in [5, 5.41) is 2.82. The maximum atomic E-state index is 11.8. The fourth-order valence-corrected chi connectivity index (χ4v) is 1.63. The van der Waals surface area contributed by atoms with Crippen LogP contribution in [0.15, 0.2) is 54.6 Å². The number of benzene rings is 2. The van der Waals surface area contributed by atoms with Crippen LogP contribution in [0.3, 0.4) is 0 Å². The van der Waals surface area contributed by atoms with E-state index in [0.29, 0.717) is 18.0 Å². The molecule has 104 valence electrons. The molecule has 20 heavy (non-hydrogen) atoms. The van der Waals surface area contributed by atoms with E-state index in [1.165, 1.54) is 0 Å². The van der Waals surface area contributed by atoms with Crippen molar-refractivity contribution in [2.75, 3.05) is 11.9 Å². The van der Waals surface area contributed by atoms with Gasteiger partial charge in [-0.1, -0.05) is 31.2 Å². The highest BCUT2D eigenvalue weighted by molar-refractivity contribution is 5.92. The van der Waals surface area contributed by atoms with E-state index >= 15 is 0 Å². The van der Waals surface area contributed by atoms with Crippen molar-refractivity contribution in [3.8, 4) is 11.5 Å². The van der Waals surface area contributed by atoms with E-state index < -0.39 is 0 Å². The number of carbonyl (C=O) groups is 1. The van der Waals surface area contributed by atoms with Crippen LogP contribution in [0.5, 0.6) is 11.5 Å². The van der Waals surface area contributed by atoms with Gasteiger partial charge in [0.2, 0.25) is 5.91 Å². The molecule has 0 heterocycles. The first-order valence-electron chi connectivity index (χ1n) is 6.53. The van der Waals surface area contributed by atoms with Crippen LogP contribution in [0.2, 0.25) is 0 Å². The summed E-state index contributed by atoms with van der Waals surface area (Å²) in [6.45, 7) is 2.12. The molecule has 1 unspecified atom stereocenters. The summed E-state index contributed by atoms with van der Waals surface area (Å²) in [7, 11) is 0. The van der Waals surface area contributed by atoms with Gasteiger partial charge in [-0.3, -0.25) is 4.79 Å². The van der Waals surface area contributed by atoms with Crippen molar-refractivity contribution >= 4 is 11.6 Å². The van der Waals surface area contributed by atoms with Gasteiger partial charge in [0.05, 0.1) is 0 Å². The van der Waals surface area contributed by atoms with Gasteiger partial charge in [0.15, 0.2) is 0 Å². The average Bonchev–Trinajstić information content (AvgIpc) is 2.47. The number of hydrogen-bond donors (Lipinski definition) is 2. The minimum absolute atomic E-state index is 0.0932. The molecule has 0 saturated heterocycles. The largest absolute Gasteiger partial charge is 0.457 e. The molecule has 4 nitrogen and oxygen atoms in total. The van der Waals surface area contributed by atoms with Crippen LogP contribution < -0.4 is 15.8 Å². The Balaban J connectivity index is 2.06. The quantitative estimate of drug-likeness (QED) is 0.877. The molecule has 0 bridgehead atoms. The molecule has 0 fully saturated rings. The third-order valence-corrected chi connectivity index (χ3v) is 2.88. The fraction of sp³-hybridized carbons (Fsp3) is 0.188. The highest BCUT2D eigenvalue weighted by atomic mass is 16.5. The lowest BCUT2D eigenvalue weighted by molar-refractivity contribution is -0.119. The Labute approximate surface area is 118 Å². The van der Waals surface area contributed by atoms with Crippen molar-refractivity contribution in [2.45, 2.75) is 6.92 Å². The molecule has 0 aliphatic heterocycles. The number of nitrogens with one attached hydrogen (secondary N) is 1. The summed E-state index contributed by atoms with van der Waals surface area (Å²) in [5.41, 5.74) is 6.17. The number of rotatable bonds is 5. The van der Waals surface area contributed by atoms with E-state index in [-0.39, 0.29) is 11.8 Å². The number of amides is 1. The van der Waals surface area contributed by atoms with E-state index in [9.17, 15) is 4.79 Å². The zero-order valence-electron chi connectivity index (χ0n) is 11.4. The van der Waals surface area contributed by atoms with Crippen molar-refractivity contribution in [1.29, 1.82) is 0 Å². The highest BCUT2D eigenvalue weighted by Gasteiger charge is 2.11. The predicted molar refractivity (Wildman–Crippen MR) is 79.8 cm³/mol. The maximum absolute atomic E-state index is 11.8. The minimum atomic E-state index is -0.214. The molecule has 0 saturated carbocycles. The normalized spacial score (nSPS) is 11.7. The van der Waals surface area contributed by atoms with Gasteiger partial charge in [-0.05, 0) is 24.3 Å². The van der Waals surface area contributed by atoms with Crippen molar-refractivity contribution in [3.05, 3.63) is 54.6 Å². The molecule has 2 rings (SSSR count). The zero-order chi connectivity index (χ0) is 14.4. The maximum Gasteiger partial charge on any atom is 0.228 e. The van der Waals surface area contributed by atoms with Crippen molar-refractivity contribution < 1.29 is 9.53 Å². The molecule has 1 amide bonds. The summed E-state index contributed by atoms with van der Waals surface area (Å²) in [4.78, 5) is 11.8. The Bertz CT molecular complexity index is 570. The van der Waals surface area contributed by atoms with Crippen LogP contribution in [0.25, 0.3) is 0 Å². The lowest BCUT2D eigenvalue weighted by Crippen LogP contribution is -2.26. The van der Waals surface area contributed by atoms with Crippen LogP contribution in [0, 0.1) is 5.92 Å². The zero-order valence-corrected chi connectivity index (χ0v) is 11.4. The first kappa shape index (κ1) is 14.1. The third-order valence-electron chi connectivity index (χ3n) is 2.88. The number of hydrogen-bond acceptors (Lipinski definition) is 3. The average molecular weight is 270 g/mol. The van der Waals surface area contributed by atoms with Gasteiger partial charge in [0.1, 0.15) is 11.5 Å². The molecule has 0 aliphatic carbocycles. The smallest absolute Gasteiger partial charge is 0.228 e. The van der Waals surface area contributed by atoms with Gasteiger partial charge in [-0.15, -0.1) is 0 Å². The Morgan fingerprint density at radius 1 is 1.15 bits per heavy atom. The van der Waals surface area contributed by atoms with Crippen LogP contribution in [-0.2, 0) is 4.79 Å². The molecule has 0 spiro atoms. The standard InChI is InChI=1S/C16H18N2O2/c1-12(11-17)16(19)18-13-6-5-9-15(10-13)20-14-7-3-2-4-8-14/h2-10,12H,11,17H2,1H3,(H,18,19). The molecular formula is C16H18N2O2. The molecule has 0 aliphatic rings. The second-order valence-electron chi connectivity index (χ2n) is 4.57. The lowest BCUT2D eigenvalue weighted by atomic mass is 10.1. The summed E-state index contributed by atoms with van der Waals surface area (Å²) in [5.74, 6) is 1.12. The second-order valence-corrected chi connectivity index (χ2v) is 4.57. The number of nitrogens with two attached hydrogens (primary N) is 1. The SMILES string of the molecule is CC(CN)C(=O)Nc1cccc(Oc2ccccc2)c1. The molecule has 4 heteroatoms. The molecule has 2 aromatic carbocycles. The van der Waals surface area contributed by atoms with Gasteiger partial charge in [0, 0.05) is 24.2 Å². The number of ether oxygens (including phenoxy) is 1. The van der Waals surface area contributed by atoms with E-state index in [1.54, 1.807) is 13.0 Å². The summed E-state index contributed by atoms with van der Waals surface area (Å²) in [6.07, 6.45) is 0. The van der Waals surface area contributed by atoms with Crippen LogP contribution in [0.1, 0.15) is 6.92 Å².